The molecule has 1 N–H and O–H groups in total. The van der Waals surface area contributed by atoms with Crippen molar-refractivity contribution < 1.29 is 18.4 Å². The summed E-state index contributed by atoms with van der Waals surface area (Å²) in [4.78, 5) is 29.0. The summed E-state index contributed by atoms with van der Waals surface area (Å²) in [6.07, 6.45) is 6.47. The second-order valence-electron chi connectivity index (χ2n) is 9.38. The van der Waals surface area contributed by atoms with E-state index in [1.54, 1.807) is 29.6 Å². The van der Waals surface area contributed by atoms with Crippen LogP contribution in [0.5, 0.6) is 0 Å². The quantitative estimate of drug-likeness (QED) is 0.683. The molecule has 7 heteroatoms. The normalized spacial score (nSPS) is 28.7. The molecule has 7 nitrogen and oxygen atoms in total. The first kappa shape index (κ1) is 20.0. The SMILES string of the molecule is CC1CCCC(NC(=O)C2(C)Cn3c(cc4occc43)C(=O)N2Cc2ccco2)C1C. The molecule has 0 aromatic carbocycles. The maximum Gasteiger partial charge on any atom is 0.272 e. The smallest absolute Gasteiger partial charge is 0.272 e. The van der Waals surface area contributed by atoms with Gasteiger partial charge in [-0.05, 0) is 37.3 Å². The van der Waals surface area contributed by atoms with E-state index in [4.69, 9.17) is 8.83 Å². The Balaban J connectivity index is 1.52. The maximum atomic E-state index is 13.8. The van der Waals surface area contributed by atoms with Crippen LogP contribution in [-0.2, 0) is 17.9 Å². The van der Waals surface area contributed by atoms with Gasteiger partial charge in [0, 0.05) is 18.2 Å². The molecule has 1 aliphatic carbocycles. The number of carbonyl (C=O) groups is 2. The predicted octanol–water partition coefficient (Wildman–Crippen LogP) is 4.18. The second kappa shape index (κ2) is 7.32. The fraction of sp³-hybridized carbons (Fsp3) is 0.500. The zero-order valence-electron chi connectivity index (χ0n) is 18.3. The summed E-state index contributed by atoms with van der Waals surface area (Å²) in [5.41, 5.74) is 0.965. The highest BCUT2D eigenvalue weighted by Crippen LogP contribution is 2.35. The van der Waals surface area contributed by atoms with Gasteiger partial charge in [0.25, 0.3) is 5.91 Å². The minimum absolute atomic E-state index is 0.116. The van der Waals surface area contributed by atoms with E-state index in [0.717, 1.165) is 18.4 Å². The summed E-state index contributed by atoms with van der Waals surface area (Å²) >= 11 is 0. The van der Waals surface area contributed by atoms with Gasteiger partial charge in [-0.25, -0.2) is 0 Å². The van der Waals surface area contributed by atoms with Gasteiger partial charge >= 0.3 is 0 Å². The molecular formula is C24H29N3O4. The lowest BCUT2D eigenvalue weighted by molar-refractivity contribution is -0.134. The summed E-state index contributed by atoms with van der Waals surface area (Å²) in [7, 11) is 0. The standard InChI is InChI=1S/C24H29N3O4/c1-15-6-4-8-18(16(15)2)25-23(29)24(3)14-26-19-9-11-31-21(19)12-20(26)22(28)27(24)13-17-7-5-10-30-17/h5,7,9-12,15-16,18H,4,6,8,13-14H2,1-3H3,(H,25,29). The van der Waals surface area contributed by atoms with Crippen molar-refractivity contribution in [1.82, 2.24) is 14.8 Å². The summed E-state index contributed by atoms with van der Waals surface area (Å²) in [5, 5.41) is 3.30. The first-order valence-electron chi connectivity index (χ1n) is 11.1. The van der Waals surface area contributed by atoms with Gasteiger partial charge < -0.3 is 23.6 Å². The molecule has 0 radical (unpaired) electrons. The number of carbonyl (C=O) groups excluding carboxylic acids is 2. The van der Waals surface area contributed by atoms with Crippen molar-refractivity contribution in [3.63, 3.8) is 0 Å². The average Bonchev–Trinajstić information content (AvgIpc) is 3.47. The Labute approximate surface area is 181 Å². The Bertz CT molecular complexity index is 1110. The first-order chi connectivity index (χ1) is 14.9. The number of fused-ring (bicyclic) bond motifs is 3. The summed E-state index contributed by atoms with van der Waals surface area (Å²) < 4.78 is 13.0. The van der Waals surface area contributed by atoms with Crippen LogP contribution in [0.2, 0.25) is 0 Å². The lowest BCUT2D eigenvalue weighted by atomic mass is 9.77. The first-order valence-corrected chi connectivity index (χ1v) is 11.1. The predicted molar refractivity (Wildman–Crippen MR) is 115 cm³/mol. The van der Waals surface area contributed by atoms with Gasteiger partial charge in [0.2, 0.25) is 5.91 Å². The third kappa shape index (κ3) is 3.18. The van der Waals surface area contributed by atoms with E-state index in [1.807, 2.05) is 23.6 Å². The lowest BCUT2D eigenvalue weighted by Crippen LogP contribution is -2.65. The monoisotopic (exact) mass is 423 g/mol. The van der Waals surface area contributed by atoms with Gasteiger partial charge in [-0.2, -0.15) is 0 Å². The number of hydrogen-bond donors (Lipinski definition) is 1. The van der Waals surface area contributed by atoms with Crippen molar-refractivity contribution in [3.05, 3.63) is 48.2 Å². The molecule has 3 aromatic rings. The van der Waals surface area contributed by atoms with Crippen molar-refractivity contribution in [2.45, 2.75) is 64.7 Å². The Morgan fingerprint density at radius 3 is 2.84 bits per heavy atom. The number of amides is 2. The van der Waals surface area contributed by atoms with Gasteiger partial charge in [0.1, 0.15) is 17.0 Å². The van der Waals surface area contributed by atoms with Crippen LogP contribution in [0.15, 0.2) is 45.6 Å². The molecule has 4 unspecified atom stereocenters. The van der Waals surface area contributed by atoms with Gasteiger partial charge in [0.15, 0.2) is 5.58 Å². The highest BCUT2D eigenvalue weighted by Gasteiger charge is 2.49. The largest absolute Gasteiger partial charge is 0.467 e. The minimum atomic E-state index is -1.06. The van der Waals surface area contributed by atoms with Crippen LogP contribution >= 0.6 is 0 Å². The summed E-state index contributed by atoms with van der Waals surface area (Å²) in [6, 6.07) is 7.35. The van der Waals surface area contributed by atoms with Gasteiger partial charge in [-0.3, -0.25) is 9.59 Å². The van der Waals surface area contributed by atoms with Crippen LogP contribution in [0, 0.1) is 11.8 Å². The molecule has 1 saturated carbocycles. The number of aromatic nitrogens is 1. The molecule has 5 rings (SSSR count). The third-order valence-electron chi connectivity index (χ3n) is 7.46. The van der Waals surface area contributed by atoms with Crippen LogP contribution in [0.25, 0.3) is 11.1 Å². The molecule has 0 saturated heterocycles. The molecule has 31 heavy (non-hydrogen) atoms. The molecule has 1 aliphatic heterocycles. The molecule has 0 bridgehead atoms. The average molecular weight is 424 g/mol. The number of furan rings is 2. The number of nitrogens with zero attached hydrogens (tertiary/aromatic N) is 2. The topological polar surface area (TPSA) is 80.6 Å². The van der Waals surface area contributed by atoms with Crippen LogP contribution < -0.4 is 5.32 Å². The van der Waals surface area contributed by atoms with Crippen molar-refractivity contribution in [2.75, 3.05) is 0 Å². The fourth-order valence-corrected chi connectivity index (χ4v) is 5.19. The molecule has 2 amide bonds. The Hall–Kier alpha value is -2.96. The molecule has 0 spiro atoms. The van der Waals surface area contributed by atoms with Gasteiger partial charge in [0.05, 0.1) is 31.1 Å². The number of nitrogens with one attached hydrogen (secondary N) is 1. The van der Waals surface area contributed by atoms with E-state index in [0.29, 0.717) is 35.4 Å². The Kier molecular flexibility index (Phi) is 4.72. The molecular weight excluding hydrogens is 394 g/mol. The van der Waals surface area contributed by atoms with Crippen molar-refractivity contribution in [2.24, 2.45) is 11.8 Å². The number of hydrogen-bond acceptors (Lipinski definition) is 4. The fourth-order valence-electron chi connectivity index (χ4n) is 5.19. The lowest BCUT2D eigenvalue weighted by Gasteiger charge is -2.45. The third-order valence-corrected chi connectivity index (χ3v) is 7.46. The molecule has 1 fully saturated rings. The molecule has 164 valence electrons. The summed E-state index contributed by atoms with van der Waals surface area (Å²) in [5.74, 6) is 1.31. The molecule has 2 aliphatic rings. The van der Waals surface area contributed by atoms with E-state index >= 15 is 0 Å². The van der Waals surface area contributed by atoms with Crippen molar-refractivity contribution in [1.29, 1.82) is 0 Å². The van der Waals surface area contributed by atoms with E-state index < -0.39 is 5.54 Å². The zero-order valence-corrected chi connectivity index (χ0v) is 18.3. The maximum absolute atomic E-state index is 13.8. The van der Waals surface area contributed by atoms with Crippen LogP contribution in [0.3, 0.4) is 0 Å². The highest BCUT2D eigenvalue weighted by atomic mass is 16.3. The molecule has 4 atom stereocenters. The zero-order chi connectivity index (χ0) is 21.8. The van der Waals surface area contributed by atoms with Crippen LogP contribution in [0.4, 0.5) is 0 Å². The van der Waals surface area contributed by atoms with E-state index in [-0.39, 0.29) is 24.4 Å². The van der Waals surface area contributed by atoms with E-state index in [2.05, 4.69) is 19.2 Å². The van der Waals surface area contributed by atoms with Gasteiger partial charge in [-0.15, -0.1) is 0 Å². The second-order valence-corrected chi connectivity index (χ2v) is 9.38. The van der Waals surface area contributed by atoms with E-state index in [1.165, 1.54) is 6.42 Å². The summed E-state index contributed by atoms with van der Waals surface area (Å²) in [6.45, 7) is 6.91. The van der Waals surface area contributed by atoms with Crippen LogP contribution in [0.1, 0.15) is 56.3 Å². The van der Waals surface area contributed by atoms with E-state index in [9.17, 15) is 9.59 Å². The molecule has 4 heterocycles. The molecule has 3 aromatic heterocycles. The van der Waals surface area contributed by atoms with Crippen molar-refractivity contribution in [3.8, 4) is 0 Å². The van der Waals surface area contributed by atoms with Gasteiger partial charge in [-0.1, -0.05) is 26.7 Å². The Morgan fingerprint density at radius 2 is 2.06 bits per heavy atom. The minimum Gasteiger partial charge on any atom is -0.467 e. The highest BCUT2D eigenvalue weighted by molar-refractivity contribution is 6.02. The number of rotatable bonds is 4. The van der Waals surface area contributed by atoms with Crippen molar-refractivity contribution >= 4 is 22.9 Å². The Morgan fingerprint density at radius 1 is 1.23 bits per heavy atom. The van der Waals surface area contributed by atoms with Crippen LogP contribution in [-0.4, -0.2) is 32.9 Å².